The fourth-order valence-corrected chi connectivity index (χ4v) is 4.04. The van der Waals surface area contributed by atoms with Gasteiger partial charge in [0.1, 0.15) is 5.82 Å². The lowest BCUT2D eigenvalue weighted by atomic mass is 9.93. The molecule has 1 atom stereocenters. The third kappa shape index (κ3) is 3.13. The van der Waals surface area contributed by atoms with Crippen LogP contribution < -0.4 is 0 Å². The van der Waals surface area contributed by atoms with Crippen LogP contribution in [0.5, 0.6) is 0 Å². The van der Waals surface area contributed by atoms with Gasteiger partial charge in [0, 0.05) is 33.5 Å². The Morgan fingerprint density at radius 1 is 0.920 bits per heavy atom. The third-order valence-corrected chi connectivity index (χ3v) is 5.84. The molecule has 0 saturated heterocycles. The van der Waals surface area contributed by atoms with E-state index in [9.17, 15) is 8.60 Å². The topological polar surface area (TPSA) is 30.0 Å². The molecule has 0 saturated carbocycles. The quantitative estimate of drug-likeness (QED) is 0.478. The van der Waals surface area contributed by atoms with Crippen molar-refractivity contribution in [3.05, 3.63) is 72.7 Å². The summed E-state index contributed by atoms with van der Waals surface area (Å²) in [6.45, 7) is 0. The van der Waals surface area contributed by atoms with Crippen LogP contribution >= 0.6 is 11.5 Å². The third-order valence-electron chi connectivity index (χ3n) is 4.15. The van der Waals surface area contributed by atoms with Gasteiger partial charge in [-0.15, -0.1) is 0 Å². The predicted octanol–water partition coefficient (Wildman–Crippen LogP) is 5.51. The minimum atomic E-state index is -1.00. The molecule has 4 aromatic rings. The van der Waals surface area contributed by atoms with Crippen molar-refractivity contribution in [2.45, 2.75) is 4.90 Å². The molecule has 1 aromatic heterocycles. The van der Waals surface area contributed by atoms with E-state index in [4.69, 9.17) is 0 Å². The van der Waals surface area contributed by atoms with E-state index in [-0.39, 0.29) is 5.82 Å². The van der Waals surface area contributed by atoms with Crippen molar-refractivity contribution in [1.82, 2.24) is 4.37 Å². The van der Waals surface area contributed by atoms with Crippen molar-refractivity contribution in [3.8, 4) is 22.3 Å². The van der Waals surface area contributed by atoms with Crippen LogP contribution in [0, 0.1) is 5.82 Å². The van der Waals surface area contributed by atoms with E-state index < -0.39 is 10.8 Å². The number of benzene rings is 3. The minimum Gasteiger partial charge on any atom is -0.255 e. The Hall–Kier alpha value is -2.37. The van der Waals surface area contributed by atoms with E-state index in [0.717, 1.165) is 37.2 Å². The number of halogens is 1. The minimum absolute atomic E-state index is 0.252. The van der Waals surface area contributed by atoms with Crippen LogP contribution in [0.1, 0.15) is 0 Å². The smallest absolute Gasteiger partial charge is 0.123 e. The molecule has 2 nitrogen and oxygen atoms in total. The summed E-state index contributed by atoms with van der Waals surface area (Å²) in [4.78, 5) is 0.797. The zero-order chi connectivity index (χ0) is 17.4. The van der Waals surface area contributed by atoms with Gasteiger partial charge in [-0.25, -0.2) is 4.39 Å². The summed E-state index contributed by atoms with van der Waals surface area (Å²) in [6.07, 6.45) is 3.52. The summed E-state index contributed by atoms with van der Waals surface area (Å²) in [5, 5.41) is 1.07. The summed E-state index contributed by atoms with van der Waals surface area (Å²) in [5.74, 6) is -0.252. The Morgan fingerprint density at radius 3 is 2.16 bits per heavy atom. The van der Waals surface area contributed by atoms with Crippen LogP contribution in [-0.4, -0.2) is 14.8 Å². The summed E-state index contributed by atoms with van der Waals surface area (Å²) in [7, 11) is -1.00. The Morgan fingerprint density at radius 2 is 1.52 bits per heavy atom. The maximum atomic E-state index is 13.3. The van der Waals surface area contributed by atoms with Crippen molar-refractivity contribution in [2.24, 2.45) is 0 Å². The van der Waals surface area contributed by atoms with Crippen LogP contribution in [0.2, 0.25) is 0 Å². The number of fused-ring (bicyclic) bond motifs is 1. The fourth-order valence-electron chi connectivity index (χ4n) is 2.85. The highest BCUT2D eigenvalue weighted by Gasteiger charge is 2.11. The summed E-state index contributed by atoms with van der Waals surface area (Å²) in [5.41, 5.74) is 4.06. The van der Waals surface area contributed by atoms with Crippen LogP contribution in [0.15, 0.2) is 71.8 Å². The SMILES string of the molecule is CS(=O)c1ccc(-c2cc3sncc3cc2-c2ccc(F)cc2)cc1. The molecule has 0 fully saturated rings. The van der Waals surface area contributed by atoms with Crippen LogP contribution in [-0.2, 0) is 10.8 Å². The first kappa shape index (κ1) is 16.1. The first-order chi connectivity index (χ1) is 12.1. The molecule has 3 aromatic carbocycles. The molecule has 1 heterocycles. The lowest BCUT2D eigenvalue weighted by Gasteiger charge is -2.11. The van der Waals surface area contributed by atoms with E-state index in [0.29, 0.717) is 0 Å². The van der Waals surface area contributed by atoms with E-state index in [1.165, 1.54) is 23.7 Å². The second-order valence-corrected chi connectivity index (χ2v) is 7.96. The number of rotatable bonds is 3. The maximum absolute atomic E-state index is 13.3. The monoisotopic (exact) mass is 367 g/mol. The first-order valence-electron chi connectivity index (χ1n) is 7.70. The average Bonchev–Trinajstić information content (AvgIpc) is 3.09. The average molecular weight is 367 g/mol. The maximum Gasteiger partial charge on any atom is 0.123 e. The highest BCUT2D eigenvalue weighted by molar-refractivity contribution is 7.84. The molecule has 0 aliphatic rings. The molecule has 0 aliphatic heterocycles. The van der Waals surface area contributed by atoms with Crippen LogP contribution in [0.25, 0.3) is 32.3 Å². The Labute approximate surface area is 151 Å². The Bertz CT molecular complexity index is 1070. The molecule has 0 spiro atoms. The molecule has 4 rings (SSSR count). The molecular formula is C20H14FNOS2. The molecule has 25 heavy (non-hydrogen) atoms. The molecule has 0 bridgehead atoms. The van der Waals surface area contributed by atoms with Gasteiger partial charge in [-0.3, -0.25) is 4.21 Å². The van der Waals surface area contributed by atoms with E-state index in [1.54, 1.807) is 18.4 Å². The van der Waals surface area contributed by atoms with Crippen molar-refractivity contribution in [1.29, 1.82) is 0 Å². The zero-order valence-corrected chi connectivity index (χ0v) is 15.0. The molecular weight excluding hydrogens is 353 g/mol. The second kappa shape index (κ2) is 6.50. The highest BCUT2D eigenvalue weighted by Crippen LogP contribution is 2.37. The van der Waals surface area contributed by atoms with Crippen molar-refractivity contribution < 1.29 is 8.60 Å². The zero-order valence-electron chi connectivity index (χ0n) is 13.4. The van der Waals surface area contributed by atoms with Crippen molar-refractivity contribution in [2.75, 3.05) is 6.26 Å². The Kier molecular flexibility index (Phi) is 4.19. The van der Waals surface area contributed by atoms with Gasteiger partial charge >= 0.3 is 0 Å². The van der Waals surface area contributed by atoms with Gasteiger partial charge in [0.25, 0.3) is 0 Å². The number of nitrogens with zero attached hydrogens (tertiary/aromatic N) is 1. The lowest BCUT2D eigenvalue weighted by molar-refractivity contribution is 0.628. The Balaban J connectivity index is 1.93. The van der Waals surface area contributed by atoms with Crippen molar-refractivity contribution >= 4 is 32.4 Å². The van der Waals surface area contributed by atoms with E-state index in [2.05, 4.69) is 16.5 Å². The molecule has 0 aliphatic carbocycles. The van der Waals surface area contributed by atoms with Gasteiger partial charge in [0.2, 0.25) is 0 Å². The number of aromatic nitrogens is 1. The van der Waals surface area contributed by atoms with E-state index in [1.807, 2.05) is 30.5 Å². The molecule has 5 heteroatoms. The number of hydrogen-bond donors (Lipinski definition) is 0. The van der Waals surface area contributed by atoms with Crippen LogP contribution in [0.4, 0.5) is 4.39 Å². The molecule has 0 N–H and O–H groups in total. The van der Waals surface area contributed by atoms with Gasteiger partial charge in [-0.2, -0.15) is 4.37 Å². The molecule has 1 unspecified atom stereocenters. The first-order valence-corrected chi connectivity index (χ1v) is 10.0. The van der Waals surface area contributed by atoms with Gasteiger partial charge in [0.15, 0.2) is 0 Å². The molecule has 124 valence electrons. The summed E-state index contributed by atoms with van der Waals surface area (Å²) < 4.78 is 30.3. The van der Waals surface area contributed by atoms with Gasteiger partial charge in [-0.05, 0) is 70.2 Å². The number of hydrogen-bond acceptors (Lipinski definition) is 3. The molecule has 0 amide bonds. The second-order valence-electron chi connectivity index (χ2n) is 5.75. The summed E-state index contributed by atoms with van der Waals surface area (Å²) >= 11 is 1.45. The van der Waals surface area contributed by atoms with E-state index >= 15 is 0 Å². The van der Waals surface area contributed by atoms with Gasteiger partial charge in [0.05, 0.1) is 4.70 Å². The van der Waals surface area contributed by atoms with Crippen molar-refractivity contribution in [3.63, 3.8) is 0 Å². The molecule has 0 radical (unpaired) electrons. The largest absolute Gasteiger partial charge is 0.255 e. The van der Waals surface area contributed by atoms with Gasteiger partial charge in [-0.1, -0.05) is 24.3 Å². The normalized spacial score (nSPS) is 12.4. The lowest BCUT2D eigenvalue weighted by Crippen LogP contribution is -1.89. The predicted molar refractivity (Wildman–Crippen MR) is 103 cm³/mol. The fraction of sp³-hybridized carbons (Fsp3) is 0.0500. The van der Waals surface area contributed by atoms with Gasteiger partial charge < -0.3 is 0 Å². The van der Waals surface area contributed by atoms with Crippen LogP contribution in [0.3, 0.4) is 0 Å². The summed E-state index contributed by atoms with van der Waals surface area (Å²) in [6, 6.07) is 18.4. The standard InChI is InChI=1S/C20H14FNOS2/c1-25(23)17-8-4-14(5-9-17)19-11-20-15(12-22-24-20)10-18(19)13-2-6-16(21)7-3-13/h2-12H,1H3. The highest BCUT2D eigenvalue weighted by atomic mass is 32.2.